The molecule has 0 aromatic carbocycles. The highest BCUT2D eigenvalue weighted by Crippen LogP contribution is 2.30. The summed E-state index contributed by atoms with van der Waals surface area (Å²) in [5, 5.41) is 19.2. The molecule has 0 aliphatic rings. The van der Waals surface area contributed by atoms with Crippen LogP contribution in [0.25, 0.3) is 0 Å². The van der Waals surface area contributed by atoms with Crippen LogP contribution >= 0.6 is 23.2 Å². The highest BCUT2D eigenvalue weighted by molar-refractivity contribution is 6.33. The van der Waals surface area contributed by atoms with Gasteiger partial charge >= 0.3 is 11.6 Å². The highest BCUT2D eigenvalue weighted by atomic mass is 35.5. The maximum absolute atomic E-state index is 11.5. The van der Waals surface area contributed by atoms with E-state index in [1.807, 2.05) is 20.8 Å². The van der Waals surface area contributed by atoms with Crippen LogP contribution in [0.15, 0.2) is 6.20 Å². The van der Waals surface area contributed by atoms with Crippen molar-refractivity contribution < 1.29 is 14.4 Å². The van der Waals surface area contributed by atoms with Gasteiger partial charge in [-0.1, -0.05) is 11.6 Å². The van der Waals surface area contributed by atoms with Crippen LogP contribution in [-0.4, -0.2) is 50.0 Å². The van der Waals surface area contributed by atoms with Gasteiger partial charge in [0, 0.05) is 19.1 Å². The van der Waals surface area contributed by atoms with E-state index in [-0.39, 0.29) is 35.6 Å². The Kier molecular flexibility index (Phi) is 8.42. The van der Waals surface area contributed by atoms with Gasteiger partial charge in [-0.2, -0.15) is 4.98 Å². The van der Waals surface area contributed by atoms with Gasteiger partial charge in [-0.3, -0.25) is 14.8 Å². The third-order valence-electron chi connectivity index (χ3n) is 4.10. The molecule has 10 nitrogen and oxygen atoms in total. The van der Waals surface area contributed by atoms with E-state index >= 15 is 0 Å². The summed E-state index contributed by atoms with van der Waals surface area (Å²) >= 11 is 11.8. The molecule has 0 fully saturated rings. The fraction of sp³-hybridized carbons (Fsp3) is 0.588. The van der Waals surface area contributed by atoms with Gasteiger partial charge in [-0.05, 0) is 39.3 Å². The zero-order chi connectivity index (χ0) is 21.6. The van der Waals surface area contributed by atoms with Crippen LogP contribution in [0.1, 0.15) is 32.9 Å². The third-order valence-corrected chi connectivity index (χ3v) is 4.55. The second-order valence-electron chi connectivity index (χ2n) is 6.46. The number of nitrogens with zero attached hydrogens (tertiary/aromatic N) is 5. The second-order valence-corrected chi connectivity index (χ2v) is 7.21. The normalized spacial score (nSPS) is 13.2. The first-order valence-electron chi connectivity index (χ1n) is 9.13. The van der Waals surface area contributed by atoms with Gasteiger partial charge in [0.15, 0.2) is 0 Å². The number of nitrogens with one attached hydrogen (secondary N) is 1. The van der Waals surface area contributed by atoms with Gasteiger partial charge < -0.3 is 14.8 Å². The summed E-state index contributed by atoms with van der Waals surface area (Å²) in [4.78, 5) is 18.8. The fourth-order valence-corrected chi connectivity index (χ4v) is 2.94. The molecule has 2 atom stereocenters. The summed E-state index contributed by atoms with van der Waals surface area (Å²) in [6, 6.07) is -0.0846. The molecular formula is C17H24Cl2N6O4. The molecule has 0 aliphatic carbocycles. The summed E-state index contributed by atoms with van der Waals surface area (Å²) in [6.07, 6.45) is 1.81. The van der Waals surface area contributed by atoms with E-state index in [1.165, 1.54) is 10.9 Å². The highest BCUT2D eigenvalue weighted by Gasteiger charge is 2.27. The van der Waals surface area contributed by atoms with Gasteiger partial charge in [-0.25, -0.2) is 4.98 Å². The van der Waals surface area contributed by atoms with E-state index in [9.17, 15) is 10.1 Å². The van der Waals surface area contributed by atoms with E-state index in [1.54, 1.807) is 6.92 Å². The Labute approximate surface area is 178 Å². The SMILES string of the molecule is CCOC(C)Cn1nc(OCCC(C)Nc2nc(Cl)ncc2Cl)c([N+](=O)[O-])c1C. The van der Waals surface area contributed by atoms with Crippen LogP contribution < -0.4 is 10.1 Å². The van der Waals surface area contributed by atoms with Crippen LogP contribution in [-0.2, 0) is 11.3 Å². The molecule has 2 heterocycles. The first-order chi connectivity index (χ1) is 13.7. The summed E-state index contributed by atoms with van der Waals surface area (Å²) in [5.41, 5.74) is 0.282. The number of halogens is 2. The van der Waals surface area contributed by atoms with Crippen molar-refractivity contribution in [2.24, 2.45) is 0 Å². The zero-order valence-electron chi connectivity index (χ0n) is 16.7. The van der Waals surface area contributed by atoms with E-state index in [2.05, 4.69) is 20.4 Å². The van der Waals surface area contributed by atoms with Gasteiger partial charge in [0.05, 0.1) is 30.4 Å². The van der Waals surface area contributed by atoms with Gasteiger partial charge in [0.1, 0.15) is 16.5 Å². The molecule has 2 aromatic rings. The maximum Gasteiger partial charge on any atom is 0.352 e. The Bertz CT molecular complexity index is 848. The van der Waals surface area contributed by atoms with Gasteiger partial charge in [0.2, 0.25) is 5.28 Å². The molecule has 2 unspecified atom stereocenters. The first kappa shape index (κ1) is 23.1. The van der Waals surface area contributed by atoms with Crippen LogP contribution in [0.2, 0.25) is 10.3 Å². The lowest BCUT2D eigenvalue weighted by molar-refractivity contribution is -0.386. The minimum absolute atomic E-state index is 0.00786. The van der Waals surface area contributed by atoms with Crippen LogP contribution in [0.5, 0.6) is 5.88 Å². The molecule has 0 radical (unpaired) electrons. The lowest BCUT2D eigenvalue weighted by atomic mass is 10.2. The molecule has 2 aromatic heterocycles. The van der Waals surface area contributed by atoms with Crippen LogP contribution in [0.4, 0.5) is 11.5 Å². The van der Waals surface area contributed by atoms with Crippen molar-refractivity contribution in [3.05, 3.63) is 32.3 Å². The molecule has 0 saturated carbocycles. The van der Waals surface area contributed by atoms with Crippen molar-refractivity contribution in [1.29, 1.82) is 0 Å². The molecule has 160 valence electrons. The van der Waals surface area contributed by atoms with Crippen molar-refractivity contribution in [2.45, 2.75) is 52.8 Å². The zero-order valence-corrected chi connectivity index (χ0v) is 18.2. The van der Waals surface area contributed by atoms with Crippen molar-refractivity contribution in [2.75, 3.05) is 18.5 Å². The average Bonchev–Trinajstić information content (AvgIpc) is 2.94. The Morgan fingerprint density at radius 2 is 2.10 bits per heavy atom. The lowest BCUT2D eigenvalue weighted by Gasteiger charge is -2.15. The van der Waals surface area contributed by atoms with Crippen molar-refractivity contribution in [3.8, 4) is 5.88 Å². The molecule has 12 heteroatoms. The molecule has 0 aliphatic heterocycles. The van der Waals surface area contributed by atoms with Crippen molar-refractivity contribution in [1.82, 2.24) is 19.7 Å². The standard InChI is InChI=1S/C17H24Cl2N6O4/c1-5-28-11(3)9-24-12(4)14(25(26)27)16(23-24)29-7-6-10(2)21-15-13(18)8-20-17(19)22-15/h8,10-11H,5-7,9H2,1-4H3,(H,20,21,22). The Morgan fingerprint density at radius 3 is 2.76 bits per heavy atom. The topological polar surface area (TPSA) is 117 Å². The smallest absolute Gasteiger partial charge is 0.352 e. The molecule has 0 saturated heterocycles. The van der Waals surface area contributed by atoms with Crippen molar-refractivity contribution >= 4 is 34.7 Å². The largest absolute Gasteiger partial charge is 0.472 e. The predicted molar refractivity (Wildman–Crippen MR) is 110 cm³/mol. The molecular weight excluding hydrogens is 423 g/mol. The van der Waals surface area contributed by atoms with Gasteiger partial charge in [0.25, 0.3) is 0 Å². The number of hydrogen-bond acceptors (Lipinski definition) is 8. The molecule has 2 rings (SSSR count). The predicted octanol–water partition coefficient (Wildman–Crippen LogP) is 3.89. The Morgan fingerprint density at radius 1 is 1.38 bits per heavy atom. The Hall–Kier alpha value is -2.17. The summed E-state index contributed by atoms with van der Waals surface area (Å²) < 4.78 is 12.6. The van der Waals surface area contributed by atoms with Crippen molar-refractivity contribution in [3.63, 3.8) is 0 Å². The molecule has 0 spiro atoms. The Balaban J connectivity index is 2.00. The molecule has 0 amide bonds. The minimum Gasteiger partial charge on any atom is -0.472 e. The minimum atomic E-state index is -0.482. The summed E-state index contributed by atoms with van der Waals surface area (Å²) in [7, 11) is 0. The number of aromatic nitrogens is 4. The lowest BCUT2D eigenvalue weighted by Crippen LogP contribution is -2.20. The number of ether oxygens (including phenoxy) is 2. The fourth-order valence-electron chi connectivity index (χ4n) is 2.66. The number of nitro groups is 1. The second kappa shape index (κ2) is 10.6. The first-order valence-corrected chi connectivity index (χ1v) is 9.89. The van der Waals surface area contributed by atoms with E-state index in [0.717, 1.165) is 0 Å². The third kappa shape index (κ3) is 6.41. The quantitative estimate of drug-likeness (QED) is 0.313. The van der Waals surface area contributed by atoms with E-state index in [4.69, 9.17) is 32.7 Å². The molecule has 29 heavy (non-hydrogen) atoms. The van der Waals surface area contributed by atoms with Gasteiger partial charge in [-0.15, -0.1) is 5.10 Å². The summed E-state index contributed by atoms with van der Waals surface area (Å²) in [6.45, 7) is 8.48. The average molecular weight is 447 g/mol. The van der Waals surface area contributed by atoms with E-state index in [0.29, 0.717) is 36.1 Å². The number of hydrogen-bond donors (Lipinski definition) is 1. The number of rotatable bonds is 11. The van der Waals surface area contributed by atoms with Crippen LogP contribution in [0.3, 0.4) is 0 Å². The van der Waals surface area contributed by atoms with Crippen LogP contribution in [0, 0.1) is 17.0 Å². The monoisotopic (exact) mass is 446 g/mol. The number of anilines is 1. The van der Waals surface area contributed by atoms with E-state index < -0.39 is 4.92 Å². The molecule has 1 N–H and O–H groups in total. The molecule has 0 bridgehead atoms. The summed E-state index contributed by atoms with van der Waals surface area (Å²) in [5.74, 6) is 0.404. The maximum atomic E-state index is 11.5.